The minimum Gasteiger partial charge on any atom is -0.459 e. The Labute approximate surface area is 122 Å². The third kappa shape index (κ3) is 3.24. The molecule has 2 nitrogen and oxygen atoms in total. The van der Waals surface area contributed by atoms with Gasteiger partial charge in [0, 0.05) is 17.0 Å². The van der Waals surface area contributed by atoms with Crippen LogP contribution in [0.1, 0.15) is 50.1 Å². The van der Waals surface area contributed by atoms with Crippen molar-refractivity contribution in [3.63, 3.8) is 0 Å². The van der Waals surface area contributed by atoms with Gasteiger partial charge in [0.1, 0.15) is 11.3 Å². The van der Waals surface area contributed by atoms with E-state index in [0.717, 1.165) is 24.3 Å². The third-order valence-electron chi connectivity index (χ3n) is 3.59. The molecule has 0 bridgehead atoms. The highest BCUT2D eigenvalue weighted by Gasteiger charge is 2.17. The van der Waals surface area contributed by atoms with Gasteiger partial charge in [0.25, 0.3) is 0 Å². The minimum atomic E-state index is 0.470. The van der Waals surface area contributed by atoms with Crippen molar-refractivity contribution >= 4 is 11.0 Å². The van der Waals surface area contributed by atoms with Crippen molar-refractivity contribution in [3.05, 3.63) is 34.6 Å². The Balaban J connectivity index is 2.51. The van der Waals surface area contributed by atoms with E-state index in [0.29, 0.717) is 12.0 Å². The lowest BCUT2D eigenvalue weighted by Crippen LogP contribution is -2.22. The van der Waals surface area contributed by atoms with Gasteiger partial charge in [-0.1, -0.05) is 33.8 Å². The molecule has 2 rings (SSSR count). The van der Waals surface area contributed by atoms with Crippen LogP contribution in [0.4, 0.5) is 0 Å². The zero-order chi connectivity index (χ0) is 14.9. The molecule has 1 aromatic heterocycles. The number of nitrogens with one attached hydrogen (secondary N) is 1. The molecule has 1 aromatic carbocycles. The van der Waals surface area contributed by atoms with E-state index in [-0.39, 0.29) is 0 Å². The van der Waals surface area contributed by atoms with Gasteiger partial charge >= 0.3 is 0 Å². The van der Waals surface area contributed by atoms with Crippen LogP contribution < -0.4 is 5.32 Å². The maximum atomic E-state index is 6.17. The summed E-state index contributed by atoms with van der Waals surface area (Å²) < 4.78 is 6.17. The lowest BCUT2D eigenvalue weighted by atomic mass is 9.97. The molecule has 2 aromatic rings. The number of hydrogen-bond donors (Lipinski definition) is 1. The number of furan rings is 1. The summed E-state index contributed by atoms with van der Waals surface area (Å²) in [6.45, 7) is 14.0. The number of benzene rings is 1. The van der Waals surface area contributed by atoms with Gasteiger partial charge < -0.3 is 9.73 Å². The Hall–Kier alpha value is -1.28. The lowest BCUT2D eigenvalue weighted by molar-refractivity contribution is 0.478. The molecule has 1 N–H and O–H groups in total. The summed E-state index contributed by atoms with van der Waals surface area (Å²) in [5, 5.41) is 4.78. The summed E-state index contributed by atoms with van der Waals surface area (Å²) in [7, 11) is 0. The summed E-state index contributed by atoms with van der Waals surface area (Å²) in [5.74, 6) is 1.74. The van der Waals surface area contributed by atoms with Gasteiger partial charge in [-0.2, -0.15) is 0 Å². The van der Waals surface area contributed by atoms with E-state index in [1.807, 2.05) is 0 Å². The van der Waals surface area contributed by atoms with E-state index in [1.165, 1.54) is 22.1 Å². The van der Waals surface area contributed by atoms with E-state index in [2.05, 4.69) is 59.0 Å². The second kappa shape index (κ2) is 6.01. The summed E-state index contributed by atoms with van der Waals surface area (Å²) in [5.41, 5.74) is 4.99. The molecule has 0 saturated heterocycles. The molecule has 0 radical (unpaired) electrons. The first-order chi connectivity index (χ1) is 9.38. The van der Waals surface area contributed by atoms with Crippen molar-refractivity contribution in [2.24, 2.45) is 5.92 Å². The normalized spacial score (nSPS) is 12.0. The first-order valence-corrected chi connectivity index (χ1v) is 7.63. The monoisotopic (exact) mass is 273 g/mol. The molecule has 20 heavy (non-hydrogen) atoms. The first kappa shape index (κ1) is 15.1. The highest BCUT2D eigenvalue weighted by Crippen LogP contribution is 2.31. The molecule has 0 fully saturated rings. The van der Waals surface area contributed by atoms with Gasteiger partial charge in [-0.25, -0.2) is 0 Å². The van der Waals surface area contributed by atoms with Crippen LogP contribution in [0.5, 0.6) is 0 Å². The quantitative estimate of drug-likeness (QED) is 0.850. The highest BCUT2D eigenvalue weighted by atomic mass is 16.3. The van der Waals surface area contributed by atoms with E-state index in [4.69, 9.17) is 4.42 Å². The predicted molar refractivity (Wildman–Crippen MR) is 86.2 cm³/mol. The van der Waals surface area contributed by atoms with Crippen LogP contribution >= 0.6 is 0 Å². The number of fused-ring (bicyclic) bond motifs is 1. The molecule has 0 atom stereocenters. The molecule has 110 valence electrons. The third-order valence-corrected chi connectivity index (χ3v) is 3.59. The molecule has 0 amide bonds. The van der Waals surface area contributed by atoms with E-state index in [9.17, 15) is 0 Å². The molecule has 0 unspecified atom stereocenters. The Morgan fingerprint density at radius 1 is 1.10 bits per heavy atom. The van der Waals surface area contributed by atoms with Crippen LogP contribution in [0.3, 0.4) is 0 Å². The maximum absolute atomic E-state index is 6.17. The van der Waals surface area contributed by atoms with E-state index in [1.54, 1.807) is 0 Å². The Morgan fingerprint density at radius 3 is 2.40 bits per heavy atom. The van der Waals surface area contributed by atoms with Crippen LogP contribution in [-0.2, 0) is 13.0 Å². The minimum absolute atomic E-state index is 0.470. The molecule has 0 aliphatic carbocycles. The van der Waals surface area contributed by atoms with Crippen LogP contribution in [-0.4, -0.2) is 6.04 Å². The van der Waals surface area contributed by atoms with Crippen molar-refractivity contribution < 1.29 is 4.42 Å². The fraction of sp³-hybridized carbons (Fsp3) is 0.556. The molecule has 1 heterocycles. The topological polar surface area (TPSA) is 25.2 Å². The zero-order valence-electron chi connectivity index (χ0n) is 13.6. The number of rotatable bonds is 5. The highest BCUT2D eigenvalue weighted by molar-refractivity contribution is 5.85. The Kier molecular flexibility index (Phi) is 4.54. The van der Waals surface area contributed by atoms with Gasteiger partial charge in [0.15, 0.2) is 0 Å². The Morgan fingerprint density at radius 2 is 1.80 bits per heavy atom. The summed E-state index contributed by atoms with van der Waals surface area (Å²) in [6.07, 6.45) is 1.07. The molecular weight excluding hydrogens is 246 g/mol. The lowest BCUT2D eigenvalue weighted by Gasteiger charge is -2.09. The summed E-state index contributed by atoms with van der Waals surface area (Å²) in [6, 6.07) is 4.94. The summed E-state index contributed by atoms with van der Waals surface area (Å²) in [4.78, 5) is 0. The number of hydrogen-bond acceptors (Lipinski definition) is 2. The Bertz CT molecular complexity index is 593. The van der Waals surface area contributed by atoms with Crippen molar-refractivity contribution in [3.8, 4) is 0 Å². The molecule has 2 heteroatoms. The molecule has 0 aliphatic heterocycles. The number of aryl methyl sites for hydroxylation is 2. The van der Waals surface area contributed by atoms with Crippen LogP contribution in [0.15, 0.2) is 16.5 Å². The first-order valence-electron chi connectivity index (χ1n) is 7.63. The van der Waals surface area contributed by atoms with Crippen LogP contribution in [0.2, 0.25) is 0 Å². The van der Waals surface area contributed by atoms with Crippen molar-refractivity contribution in [2.75, 3.05) is 0 Å². The van der Waals surface area contributed by atoms with Crippen LogP contribution in [0, 0.1) is 19.8 Å². The average molecular weight is 273 g/mol. The SMILES string of the molecule is Cc1cc(C)c2oc(CNC(C)C)c(CC(C)C)c2c1. The van der Waals surface area contributed by atoms with Gasteiger partial charge in [-0.15, -0.1) is 0 Å². The molecular formula is C18H27NO. The second-order valence-electron chi connectivity index (χ2n) is 6.60. The summed E-state index contributed by atoms with van der Waals surface area (Å²) >= 11 is 0. The van der Waals surface area contributed by atoms with Gasteiger partial charge in [0.05, 0.1) is 6.54 Å². The van der Waals surface area contributed by atoms with E-state index < -0.39 is 0 Å². The van der Waals surface area contributed by atoms with Gasteiger partial charge in [0.2, 0.25) is 0 Å². The predicted octanol–water partition coefficient (Wildman–Crippen LogP) is 4.75. The standard InChI is InChI=1S/C18H27NO/c1-11(2)7-15-16-9-13(5)8-14(6)18(16)20-17(15)10-19-12(3)4/h8-9,11-12,19H,7,10H2,1-6H3. The van der Waals surface area contributed by atoms with Gasteiger partial charge in [-0.05, 0) is 43.4 Å². The van der Waals surface area contributed by atoms with Gasteiger partial charge in [-0.3, -0.25) is 0 Å². The molecule has 0 spiro atoms. The van der Waals surface area contributed by atoms with Crippen molar-refractivity contribution in [2.45, 2.75) is 60.5 Å². The van der Waals surface area contributed by atoms with Crippen LogP contribution in [0.25, 0.3) is 11.0 Å². The smallest absolute Gasteiger partial charge is 0.137 e. The average Bonchev–Trinajstić information content (AvgIpc) is 2.65. The largest absolute Gasteiger partial charge is 0.459 e. The fourth-order valence-corrected chi connectivity index (χ4v) is 2.72. The fourth-order valence-electron chi connectivity index (χ4n) is 2.72. The van der Waals surface area contributed by atoms with Crippen molar-refractivity contribution in [1.29, 1.82) is 0 Å². The molecule has 0 saturated carbocycles. The second-order valence-corrected chi connectivity index (χ2v) is 6.60. The zero-order valence-corrected chi connectivity index (χ0v) is 13.6. The molecule has 0 aliphatic rings. The maximum Gasteiger partial charge on any atom is 0.137 e. The van der Waals surface area contributed by atoms with Crippen molar-refractivity contribution in [1.82, 2.24) is 5.32 Å². The van der Waals surface area contributed by atoms with E-state index >= 15 is 0 Å².